The van der Waals surface area contributed by atoms with Gasteiger partial charge in [0.15, 0.2) is 5.69 Å². The van der Waals surface area contributed by atoms with Crippen LogP contribution in [0.25, 0.3) is 0 Å². The molecule has 0 saturated carbocycles. The van der Waals surface area contributed by atoms with Crippen molar-refractivity contribution in [3.8, 4) is 0 Å². The number of hydrogen-bond donors (Lipinski definition) is 0. The molecule has 0 aromatic carbocycles. The summed E-state index contributed by atoms with van der Waals surface area (Å²) in [6.07, 6.45) is 1.89. The molecule has 3 heterocycles. The van der Waals surface area contributed by atoms with Crippen LogP contribution in [0.2, 0.25) is 0 Å². The van der Waals surface area contributed by atoms with Crippen LogP contribution in [0.3, 0.4) is 0 Å². The molecule has 6 heteroatoms. The highest BCUT2D eigenvalue weighted by Crippen LogP contribution is 2.36. The van der Waals surface area contributed by atoms with Gasteiger partial charge in [-0.15, -0.1) is 0 Å². The third kappa shape index (κ3) is 2.01. The monoisotopic (exact) mass is 275 g/mol. The van der Waals surface area contributed by atoms with E-state index < -0.39 is 0 Å². The van der Waals surface area contributed by atoms with Gasteiger partial charge in [-0.2, -0.15) is 0 Å². The molecule has 0 bridgehead atoms. The number of carbonyl (C=O) groups excluding carboxylic acids is 1. The summed E-state index contributed by atoms with van der Waals surface area (Å²) in [5, 5.41) is 7.80. The van der Waals surface area contributed by atoms with Crippen LogP contribution >= 0.6 is 0 Å². The number of hydrogen-bond acceptors (Lipinski definition) is 5. The molecule has 1 fully saturated rings. The number of nitrogens with zero attached hydrogens (tertiary/aromatic N) is 3. The van der Waals surface area contributed by atoms with Crippen LogP contribution in [0.5, 0.6) is 0 Å². The first-order valence-electron chi connectivity index (χ1n) is 6.75. The molecule has 1 atom stereocenters. The van der Waals surface area contributed by atoms with Gasteiger partial charge in [-0.3, -0.25) is 4.79 Å². The standard InChI is InChI=1S/C14H17N3O3/c1-8-7-11(16-19-8)14(18)17-6-4-5-12(17)13-9(2)15-20-10(13)3/h7,12H,4-6H2,1-3H3. The van der Waals surface area contributed by atoms with Gasteiger partial charge < -0.3 is 13.9 Å². The van der Waals surface area contributed by atoms with E-state index in [2.05, 4.69) is 10.3 Å². The van der Waals surface area contributed by atoms with Crippen molar-refractivity contribution < 1.29 is 13.8 Å². The number of carbonyl (C=O) groups is 1. The lowest BCUT2D eigenvalue weighted by atomic mass is 10.0. The molecular weight excluding hydrogens is 258 g/mol. The van der Waals surface area contributed by atoms with Gasteiger partial charge in [-0.1, -0.05) is 10.3 Å². The Hall–Kier alpha value is -2.11. The first kappa shape index (κ1) is 12.9. The lowest BCUT2D eigenvalue weighted by Crippen LogP contribution is -2.31. The van der Waals surface area contributed by atoms with Gasteiger partial charge in [-0.25, -0.2) is 0 Å². The minimum atomic E-state index is -0.0932. The second-order valence-corrected chi connectivity index (χ2v) is 5.22. The number of aryl methyl sites for hydroxylation is 3. The Morgan fingerprint density at radius 1 is 1.30 bits per heavy atom. The quantitative estimate of drug-likeness (QED) is 0.842. The average molecular weight is 275 g/mol. The van der Waals surface area contributed by atoms with E-state index in [1.165, 1.54) is 0 Å². The van der Waals surface area contributed by atoms with E-state index >= 15 is 0 Å². The van der Waals surface area contributed by atoms with Crippen LogP contribution in [0.4, 0.5) is 0 Å². The number of aromatic nitrogens is 2. The predicted octanol–water partition coefficient (Wildman–Crippen LogP) is 2.57. The van der Waals surface area contributed by atoms with Gasteiger partial charge in [-0.05, 0) is 33.6 Å². The fraction of sp³-hybridized carbons (Fsp3) is 0.500. The van der Waals surface area contributed by atoms with Crippen LogP contribution in [0.1, 0.15) is 52.1 Å². The van der Waals surface area contributed by atoms with E-state index in [1.54, 1.807) is 13.0 Å². The molecule has 0 aliphatic carbocycles. The van der Waals surface area contributed by atoms with Crippen LogP contribution in [-0.2, 0) is 0 Å². The van der Waals surface area contributed by atoms with Crippen molar-refractivity contribution in [3.63, 3.8) is 0 Å². The highest BCUT2D eigenvalue weighted by molar-refractivity contribution is 5.92. The van der Waals surface area contributed by atoms with E-state index in [0.717, 1.165) is 36.4 Å². The molecule has 1 aliphatic heterocycles. The van der Waals surface area contributed by atoms with Gasteiger partial charge in [0.1, 0.15) is 11.5 Å². The molecule has 3 rings (SSSR count). The fourth-order valence-electron chi connectivity index (χ4n) is 2.89. The van der Waals surface area contributed by atoms with Crippen molar-refractivity contribution in [2.75, 3.05) is 6.54 Å². The minimum absolute atomic E-state index is 0.0192. The van der Waals surface area contributed by atoms with E-state index in [-0.39, 0.29) is 11.9 Å². The second-order valence-electron chi connectivity index (χ2n) is 5.22. The molecule has 0 radical (unpaired) electrons. The molecule has 1 saturated heterocycles. The summed E-state index contributed by atoms with van der Waals surface area (Å²) in [6, 6.07) is 1.69. The largest absolute Gasteiger partial charge is 0.361 e. The van der Waals surface area contributed by atoms with E-state index in [1.807, 2.05) is 18.7 Å². The van der Waals surface area contributed by atoms with Crippen molar-refractivity contribution in [1.29, 1.82) is 0 Å². The molecule has 2 aromatic rings. The maximum absolute atomic E-state index is 12.5. The fourth-order valence-corrected chi connectivity index (χ4v) is 2.89. The van der Waals surface area contributed by atoms with Gasteiger partial charge >= 0.3 is 0 Å². The summed E-state index contributed by atoms with van der Waals surface area (Å²) in [4.78, 5) is 14.4. The molecule has 0 N–H and O–H groups in total. The Balaban J connectivity index is 1.91. The van der Waals surface area contributed by atoms with Crippen molar-refractivity contribution in [2.45, 2.75) is 39.7 Å². The second kappa shape index (κ2) is 4.77. The molecule has 1 aliphatic rings. The number of amides is 1. The Morgan fingerprint density at radius 2 is 2.10 bits per heavy atom. The summed E-state index contributed by atoms with van der Waals surface area (Å²) in [7, 11) is 0. The number of rotatable bonds is 2. The summed E-state index contributed by atoms with van der Waals surface area (Å²) in [5.74, 6) is 1.33. The molecular formula is C14H17N3O3. The van der Waals surface area contributed by atoms with Crippen LogP contribution in [0.15, 0.2) is 15.1 Å². The normalized spacial score (nSPS) is 18.8. The Labute approximate surface area is 116 Å². The van der Waals surface area contributed by atoms with Gasteiger partial charge in [0.25, 0.3) is 5.91 Å². The molecule has 1 amide bonds. The predicted molar refractivity (Wildman–Crippen MR) is 70.2 cm³/mol. The smallest absolute Gasteiger partial charge is 0.276 e. The molecule has 2 aromatic heterocycles. The van der Waals surface area contributed by atoms with Crippen LogP contribution in [-0.4, -0.2) is 27.7 Å². The molecule has 20 heavy (non-hydrogen) atoms. The first-order valence-corrected chi connectivity index (χ1v) is 6.75. The van der Waals surface area contributed by atoms with Gasteiger partial charge in [0, 0.05) is 18.2 Å². The van der Waals surface area contributed by atoms with Crippen molar-refractivity contribution >= 4 is 5.91 Å². The molecule has 1 unspecified atom stereocenters. The lowest BCUT2D eigenvalue weighted by Gasteiger charge is -2.23. The summed E-state index contributed by atoms with van der Waals surface area (Å²) in [5.41, 5.74) is 2.24. The summed E-state index contributed by atoms with van der Waals surface area (Å²) >= 11 is 0. The maximum atomic E-state index is 12.5. The third-order valence-corrected chi connectivity index (χ3v) is 3.78. The molecule has 6 nitrogen and oxygen atoms in total. The number of likely N-dealkylation sites (tertiary alicyclic amines) is 1. The zero-order valence-electron chi connectivity index (χ0n) is 11.8. The zero-order chi connectivity index (χ0) is 14.3. The Kier molecular flexibility index (Phi) is 3.08. The molecule has 106 valence electrons. The van der Waals surface area contributed by atoms with Gasteiger partial charge in [0.05, 0.1) is 11.7 Å². The summed E-state index contributed by atoms with van der Waals surface area (Å²) in [6.45, 7) is 6.29. The summed E-state index contributed by atoms with van der Waals surface area (Å²) < 4.78 is 10.2. The lowest BCUT2D eigenvalue weighted by molar-refractivity contribution is 0.0724. The van der Waals surface area contributed by atoms with E-state index in [4.69, 9.17) is 9.05 Å². The van der Waals surface area contributed by atoms with Crippen LogP contribution in [0, 0.1) is 20.8 Å². The van der Waals surface area contributed by atoms with Crippen molar-refractivity contribution in [3.05, 3.63) is 34.5 Å². The Morgan fingerprint density at radius 3 is 2.70 bits per heavy atom. The average Bonchev–Trinajstić information content (AvgIpc) is 3.10. The van der Waals surface area contributed by atoms with Gasteiger partial charge in [0.2, 0.25) is 0 Å². The van der Waals surface area contributed by atoms with E-state index in [9.17, 15) is 4.79 Å². The highest BCUT2D eigenvalue weighted by atomic mass is 16.5. The Bertz CT molecular complexity index is 624. The zero-order valence-corrected chi connectivity index (χ0v) is 11.8. The first-order chi connectivity index (χ1) is 9.58. The topological polar surface area (TPSA) is 72.4 Å². The van der Waals surface area contributed by atoms with Crippen molar-refractivity contribution in [2.24, 2.45) is 0 Å². The maximum Gasteiger partial charge on any atom is 0.276 e. The van der Waals surface area contributed by atoms with E-state index in [0.29, 0.717) is 11.5 Å². The minimum Gasteiger partial charge on any atom is -0.361 e. The van der Waals surface area contributed by atoms with Crippen molar-refractivity contribution in [1.82, 2.24) is 15.2 Å². The van der Waals surface area contributed by atoms with Crippen LogP contribution < -0.4 is 0 Å². The SMILES string of the molecule is Cc1cc(C(=O)N2CCCC2c2c(C)noc2C)no1. The highest BCUT2D eigenvalue weighted by Gasteiger charge is 2.35. The third-order valence-electron chi connectivity index (χ3n) is 3.78. The molecule has 0 spiro atoms.